The second kappa shape index (κ2) is 11.9. The first-order valence-electron chi connectivity index (χ1n) is 12.9. The number of ether oxygens (including phenoxy) is 3. The van der Waals surface area contributed by atoms with Gasteiger partial charge in [0.25, 0.3) is 0 Å². The molecule has 9 nitrogen and oxygen atoms in total. The number of amides is 1. The van der Waals surface area contributed by atoms with Crippen molar-refractivity contribution in [1.29, 1.82) is 0 Å². The summed E-state index contributed by atoms with van der Waals surface area (Å²) in [6, 6.07) is 17.4. The molecule has 1 aromatic heterocycles. The van der Waals surface area contributed by atoms with Crippen LogP contribution in [0.2, 0.25) is 0 Å². The monoisotopic (exact) mass is 525 g/mol. The minimum atomic E-state index is -0.0264. The zero-order valence-electron chi connectivity index (χ0n) is 22.3. The average Bonchev–Trinajstić information content (AvgIpc) is 3.41. The van der Waals surface area contributed by atoms with Gasteiger partial charge in [0, 0.05) is 48.1 Å². The minimum Gasteiger partial charge on any atom is -0.493 e. The topological polar surface area (TPSA) is 107 Å². The Balaban J connectivity index is 1.59. The van der Waals surface area contributed by atoms with Crippen molar-refractivity contribution >= 4 is 40.2 Å². The van der Waals surface area contributed by atoms with Crippen LogP contribution in [0.4, 0.5) is 17.2 Å². The maximum atomic E-state index is 12.2. The summed E-state index contributed by atoms with van der Waals surface area (Å²) in [6.45, 7) is 3.49. The predicted octanol–water partition coefficient (Wildman–Crippen LogP) is 5.75. The first kappa shape index (κ1) is 26.1. The molecule has 3 aromatic carbocycles. The van der Waals surface area contributed by atoms with Gasteiger partial charge in [-0.25, -0.2) is 9.97 Å². The maximum Gasteiger partial charge on any atom is 0.224 e. The van der Waals surface area contributed by atoms with E-state index in [1.165, 1.54) is 5.56 Å². The van der Waals surface area contributed by atoms with Gasteiger partial charge < -0.3 is 24.8 Å². The van der Waals surface area contributed by atoms with E-state index in [1.54, 1.807) is 14.2 Å². The van der Waals surface area contributed by atoms with E-state index in [0.29, 0.717) is 60.5 Å². The van der Waals surface area contributed by atoms with Gasteiger partial charge in [0.1, 0.15) is 12.4 Å². The number of methoxy groups -OCH3 is 2. The molecule has 0 unspecified atom stereocenters. The molecule has 0 atom stereocenters. The van der Waals surface area contributed by atoms with E-state index < -0.39 is 0 Å². The fourth-order valence-corrected chi connectivity index (χ4v) is 4.37. The SMILES string of the molecule is CCCC(=O)Nc1cccc(-c2nc(Nc3ccc4c(c3)C=NC4)c3cc(OC)c(OCCOC)cc3n2)c1. The van der Waals surface area contributed by atoms with Crippen LogP contribution in [0.1, 0.15) is 30.9 Å². The number of anilines is 3. The van der Waals surface area contributed by atoms with E-state index in [-0.39, 0.29) is 5.91 Å². The second-order valence-corrected chi connectivity index (χ2v) is 9.14. The molecule has 1 aliphatic heterocycles. The highest BCUT2D eigenvalue weighted by Crippen LogP contribution is 2.37. The highest BCUT2D eigenvalue weighted by molar-refractivity contribution is 5.96. The summed E-state index contributed by atoms with van der Waals surface area (Å²) < 4.78 is 16.7. The average molecular weight is 526 g/mol. The van der Waals surface area contributed by atoms with Gasteiger partial charge in [-0.1, -0.05) is 25.1 Å². The van der Waals surface area contributed by atoms with Gasteiger partial charge in [-0.15, -0.1) is 0 Å². The fraction of sp³-hybridized carbons (Fsp3) is 0.267. The highest BCUT2D eigenvalue weighted by atomic mass is 16.5. The summed E-state index contributed by atoms with van der Waals surface area (Å²) in [5, 5.41) is 7.20. The molecule has 0 saturated heterocycles. The van der Waals surface area contributed by atoms with Crippen molar-refractivity contribution in [2.24, 2.45) is 4.99 Å². The van der Waals surface area contributed by atoms with Gasteiger partial charge in [-0.05, 0) is 47.9 Å². The van der Waals surface area contributed by atoms with Crippen LogP contribution in [0, 0.1) is 0 Å². The maximum absolute atomic E-state index is 12.2. The molecular weight excluding hydrogens is 494 g/mol. The summed E-state index contributed by atoms with van der Waals surface area (Å²) in [5.41, 5.74) is 5.30. The van der Waals surface area contributed by atoms with Crippen LogP contribution in [0.5, 0.6) is 11.5 Å². The Morgan fingerprint density at radius 1 is 0.974 bits per heavy atom. The lowest BCUT2D eigenvalue weighted by atomic mass is 10.1. The van der Waals surface area contributed by atoms with Gasteiger partial charge in [-0.3, -0.25) is 9.79 Å². The highest BCUT2D eigenvalue weighted by Gasteiger charge is 2.16. The van der Waals surface area contributed by atoms with Crippen LogP contribution in [0.3, 0.4) is 0 Å². The molecule has 0 radical (unpaired) electrons. The Morgan fingerprint density at radius 3 is 2.69 bits per heavy atom. The summed E-state index contributed by atoms with van der Waals surface area (Å²) in [5.74, 6) is 2.23. The number of benzene rings is 3. The van der Waals surface area contributed by atoms with Gasteiger partial charge in [0.15, 0.2) is 17.3 Å². The van der Waals surface area contributed by atoms with E-state index in [2.05, 4.69) is 27.8 Å². The predicted molar refractivity (Wildman–Crippen MR) is 153 cm³/mol. The van der Waals surface area contributed by atoms with E-state index in [0.717, 1.165) is 28.6 Å². The van der Waals surface area contributed by atoms with Crippen molar-refractivity contribution < 1.29 is 19.0 Å². The molecule has 2 heterocycles. The molecule has 0 saturated carbocycles. The van der Waals surface area contributed by atoms with Crippen LogP contribution in [0.25, 0.3) is 22.3 Å². The van der Waals surface area contributed by atoms with E-state index in [1.807, 2.05) is 55.6 Å². The molecule has 2 N–H and O–H groups in total. The molecule has 1 aliphatic rings. The quantitative estimate of drug-likeness (QED) is 0.240. The molecular formula is C30H31N5O4. The Bertz CT molecular complexity index is 1540. The Kier molecular flexibility index (Phi) is 7.98. The van der Waals surface area contributed by atoms with Crippen LogP contribution in [-0.2, 0) is 16.1 Å². The summed E-state index contributed by atoms with van der Waals surface area (Å²) in [7, 11) is 3.23. The number of nitrogens with zero attached hydrogens (tertiary/aromatic N) is 3. The Morgan fingerprint density at radius 2 is 1.87 bits per heavy atom. The van der Waals surface area contributed by atoms with Gasteiger partial charge in [0.05, 0.1) is 25.8 Å². The van der Waals surface area contributed by atoms with Gasteiger partial charge in [-0.2, -0.15) is 0 Å². The minimum absolute atomic E-state index is 0.0264. The third kappa shape index (κ3) is 5.99. The van der Waals surface area contributed by atoms with E-state index in [9.17, 15) is 4.79 Å². The number of hydrogen-bond acceptors (Lipinski definition) is 8. The van der Waals surface area contributed by atoms with Crippen molar-refractivity contribution in [3.8, 4) is 22.9 Å². The number of fused-ring (bicyclic) bond motifs is 2. The van der Waals surface area contributed by atoms with Crippen molar-refractivity contribution in [3.63, 3.8) is 0 Å². The van der Waals surface area contributed by atoms with Crippen LogP contribution < -0.4 is 20.1 Å². The van der Waals surface area contributed by atoms with Crippen molar-refractivity contribution in [1.82, 2.24) is 9.97 Å². The standard InChI is InChI=1S/C30H31N5O4/c1-4-6-28(36)32-22-8-5-7-19(13-22)29-34-25-16-27(39-12-11-37-2)26(38-3)15-24(25)30(35-29)33-23-10-9-20-17-31-18-21(20)14-23/h5,7-10,13-16,18H,4,6,11-12,17H2,1-3H3,(H,32,36)(H,33,34,35). The molecule has 39 heavy (non-hydrogen) atoms. The molecule has 200 valence electrons. The number of nitrogens with one attached hydrogen (secondary N) is 2. The molecule has 4 aromatic rings. The third-order valence-corrected chi connectivity index (χ3v) is 6.31. The van der Waals surface area contributed by atoms with Gasteiger partial charge >= 0.3 is 0 Å². The van der Waals surface area contributed by atoms with Crippen LogP contribution in [0.15, 0.2) is 59.6 Å². The zero-order valence-corrected chi connectivity index (χ0v) is 22.3. The van der Waals surface area contributed by atoms with Crippen LogP contribution >= 0.6 is 0 Å². The van der Waals surface area contributed by atoms with Crippen LogP contribution in [-0.4, -0.2) is 49.5 Å². The molecule has 5 rings (SSSR count). The number of hydrogen-bond donors (Lipinski definition) is 2. The van der Waals surface area contributed by atoms with Gasteiger partial charge in [0.2, 0.25) is 5.91 Å². The smallest absolute Gasteiger partial charge is 0.224 e. The molecule has 0 spiro atoms. The molecule has 1 amide bonds. The lowest BCUT2D eigenvalue weighted by Gasteiger charge is -2.16. The fourth-order valence-electron chi connectivity index (χ4n) is 4.37. The molecule has 0 fully saturated rings. The number of rotatable bonds is 11. The summed E-state index contributed by atoms with van der Waals surface area (Å²) >= 11 is 0. The summed E-state index contributed by atoms with van der Waals surface area (Å²) in [4.78, 5) is 26.3. The lowest BCUT2D eigenvalue weighted by molar-refractivity contribution is -0.116. The zero-order chi connectivity index (χ0) is 27.2. The lowest BCUT2D eigenvalue weighted by Crippen LogP contribution is -2.10. The molecule has 0 aliphatic carbocycles. The summed E-state index contributed by atoms with van der Waals surface area (Å²) in [6.07, 6.45) is 3.13. The number of aromatic nitrogens is 2. The van der Waals surface area contributed by atoms with Crippen molar-refractivity contribution in [3.05, 3.63) is 65.7 Å². The third-order valence-electron chi connectivity index (χ3n) is 6.31. The number of aliphatic imine (C=N–C) groups is 1. The molecule has 0 bridgehead atoms. The normalized spacial score (nSPS) is 11.9. The molecule has 9 heteroatoms. The Hall–Kier alpha value is -4.50. The van der Waals surface area contributed by atoms with Crippen molar-refractivity contribution in [2.75, 3.05) is 38.1 Å². The second-order valence-electron chi connectivity index (χ2n) is 9.14. The first-order chi connectivity index (χ1) is 19.1. The number of carbonyl (C=O) groups is 1. The number of carbonyl (C=O) groups excluding carboxylic acids is 1. The van der Waals surface area contributed by atoms with E-state index in [4.69, 9.17) is 24.2 Å². The van der Waals surface area contributed by atoms with Crippen molar-refractivity contribution in [2.45, 2.75) is 26.3 Å². The Labute approximate surface area is 227 Å². The largest absolute Gasteiger partial charge is 0.493 e. The van der Waals surface area contributed by atoms with E-state index >= 15 is 0 Å². The first-order valence-corrected chi connectivity index (χ1v) is 12.9.